The average molecular weight is 311 g/mol. The van der Waals surface area contributed by atoms with Gasteiger partial charge in [-0.1, -0.05) is 39.0 Å². The summed E-state index contributed by atoms with van der Waals surface area (Å²) in [5.41, 5.74) is 3.03. The van der Waals surface area contributed by atoms with E-state index in [0.717, 1.165) is 6.42 Å². The minimum atomic E-state index is -0.224. The van der Waals surface area contributed by atoms with Crippen LogP contribution in [0.3, 0.4) is 0 Å². The van der Waals surface area contributed by atoms with Crippen molar-refractivity contribution in [2.24, 2.45) is 0 Å². The molecule has 0 aliphatic carbocycles. The Morgan fingerprint density at radius 1 is 1.10 bits per heavy atom. The maximum atomic E-state index is 11.8. The summed E-state index contributed by atoms with van der Waals surface area (Å²) in [6.07, 6.45) is 12.6. The molecule has 2 amide bonds. The summed E-state index contributed by atoms with van der Waals surface area (Å²) in [6.45, 7) is 3.99. The van der Waals surface area contributed by atoms with Gasteiger partial charge in [-0.25, -0.2) is 0 Å². The Morgan fingerprint density at radius 2 is 1.76 bits per heavy atom. The van der Waals surface area contributed by atoms with Gasteiger partial charge in [-0.05, 0) is 25.0 Å². The standard InChI is InChI=1S/C17H29NO2S/c1-3-4-5-6-7-8-9-10-11-12-13-17(20)18(14-15-21)16(2)19/h10,12,21H,3-9,13-15H2,1-2H3. The van der Waals surface area contributed by atoms with E-state index in [9.17, 15) is 9.59 Å². The molecule has 0 aromatic heterocycles. The third-order valence-electron chi connectivity index (χ3n) is 3.22. The molecule has 0 saturated carbocycles. The van der Waals surface area contributed by atoms with Gasteiger partial charge in [0.2, 0.25) is 11.8 Å². The third-order valence-corrected chi connectivity index (χ3v) is 3.42. The topological polar surface area (TPSA) is 37.4 Å². The maximum Gasteiger partial charge on any atom is 0.233 e. The fraction of sp³-hybridized carbons (Fsp3) is 0.706. The van der Waals surface area contributed by atoms with Crippen LogP contribution in [0.25, 0.3) is 0 Å². The second-order valence-electron chi connectivity index (χ2n) is 5.12. The van der Waals surface area contributed by atoms with Crippen LogP contribution in [0.4, 0.5) is 0 Å². The number of carbonyl (C=O) groups excluding carboxylic acids is 2. The summed E-state index contributed by atoms with van der Waals surface area (Å²) in [7, 11) is 0. The molecule has 21 heavy (non-hydrogen) atoms. The van der Waals surface area contributed by atoms with Crippen molar-refractivity contribution in [2.45, 2.75) is 65.2 Å². The number of unbranched alkanes of at least 4 members (excludes halogenated alkanes) is 6. The number of hydrogen-bond donors (Lipinski definition) is 1. The van der Waals surface area contributed by atoms with Crippen LogP contribution in [0.15, 0.2) is 17.9 Å². The Labute approximate surface area is 134 Å². The summed E-state index contributed by atoms with van der Waals surface area (Å²) < 4.78 is 0. The zero-order valence-corrected chi connectivity index (χ0v) is 14.3. The van der Waals surface area contributed by atoms with E-state index in [-0.39, 0.29) is 18.2 Å². The molecular weight excluding hydrogens is 282 g/mol. The number of hydrogen-bond acceptors (Lipinski definition) is 3. The predicted octanol–water partition coefficient (Wildman–Crippen LogP) is 4.14. The van der Waals surface area contributed by atoms with Gasteiger partial charge < -0.3 is 0 Å². The van der Waals surface area contributed by atoms with Crippen LogP contribution in [-0.4, -0.2) is 29.0 Å². The van der Waals surface area contributed by atoms with Gasteiger partial charge in [0.15, 0.2) is 0 Å². The highest BCUT2D eigenvalue weighted by Gasteiger charge is 2.14. The fourth-order valence-electron chi connectivity index (χ4n) is 2.01. The van der Waals surface area contributed by atoms with Crippen LogP contribution in [0, 0.1) is 0 Å². The Morgan fingerprint density at radius 3 is 2.38 bits per heavy atom. The Hall–Kier alpha value is -0.990. The van der Waals surface area contributed by atoms with E-state index >= 15 is 0 Å². The first kappa shape index (κ1) is 20.0. The molecule has 0 N–H and O–H groups in total. The number of rotatable bonds is 11. The number of amides is 2. The molecule has 0 bridgehead atoms. The van der Waals surface area contributed by atoms with Crippen LogP contribution in [0.5, 0.6) is 0 Å². The molecule has 120 valence electrons. The van der Waals surface area contributed by atoms with Gasteiger partial charge in [-0.3, -0.25) is 14.5 Å². The smallest absolute Gasteiger partial charge is 0.233 e. The normalized spacial score (nSPS) is 9.86. The van der Waals surface area contributed by atoms with Crippen LogP contribution in [0.2, 0.25) is 0 Å². The van der Waals surface area contributed by atoms with Crippen molar-refractivity contribution in [1.82, 2.24) is 4.90 Å². The molecule has 0 atom stereocenters. The first-order chi connectivity index (χ1) is 10.1. The Kier molecular flexibility index (Phi) is 13.3. The molecule has 4 heteroatoms. The lowest BCUT2D eigenvalue weighted by atomic mass is 10.1. The molecule has 0 heterocycles. The average Bonchev–Trinajstić information content (AvgIpc) is 2.46. The molecule has 0 unspecified atom stereocenters. The molecule has 0 spiro atoms. The van der Waals surface area contributed by atoms with E-state index in [4.69, 9.17) is 0 Å². The number of imide groups is 1. The summed E-state index contributed by atoms with van der Waals surface area (Å²) in [6, 6.07) is 0. The Balaban J connectivity index is 3.84. The van der Waals surface area contributed by atoms with Gasteiger partial charge in [0.25, 0.3) is 0 Å². The largest absolute Gasteiger partial charge is 0.282 e. The van der Waals surface area contributed by atoms with Crippen molar-refractivity contribution >= 4 is 24.4 Å². The number of carbonyl (C=O) groups is 2. The van der Waals surface area contributed by atoms with Gasteiger partial charge in [-0.15, -0.1) is 5.73 Å². The zero-order chi connectivity index (χ0) is 15.9. The van der Waals surface area contributed by atoms with Crippen molar-refractivity contribution < 1.29 is 9.59 Å². The van der Waals surface area contributed by atoms with Crippen molar-refractivity contribution in [1.29, 1.82) is 0 Å². The number of thiol groups is 1. The molecule has 3 nitrogen and oxygen atoms in total. The first-order valence-corrected chi connectivity index (χ1v) is 8.57. The summed E-state index contributed by atoms with van der Waals surface area (Å²) in [4.78, 5) is 24.3. The van der Waals surface area contributed by atoms with E-state index in [2.05, 4.69) is 25.3 Å². The van der Waals surface area contributed by atoms with Gasteiger partial charge >= 0.3 is 0 Å². The van der Waals surface area contributed by atoms with E-state index in [1.54, 1.807) is 6.08 Å². The second kappa shape index (κ2) is 14.0. The first-order valence-electron chi connectivity index (χ1n) is 7.94. The molecular formula is C17H29NO2S. The maximum absolute atomic E-state index is 11.8. The molecule has 0 rings (SSSR count). The third kappa shape index (κ3) is 11.4. The van der Waals surface area contributed by atoms with E-state index in [0.29, 0.717) is 12.3 Å². The lowest BCUT2D eigenvalue weighted by molar-refractivity contribution is -0.142. The van der Waals surface area contributed by atoms with E-state index in [1.807, 2.05) is 6.08 Å². The SMILES string of the molecule is CCCCCCCCC=C=CCC(=O)N(CCS)C(C)=O. The second-order valence-corrected chi connectivity index (χ2v) is 5.57. The minimum Gasteiger partial charge on any atom is -0.282 e. The Bertz CT molecular complexity index is 360. The van der Waals surface area contributed by atoms with E-state index in [1.165, 1.54) is 50.3 Å². The summed E-state index contributed by atoms with van der Waals surface area (Å²) >= 11 is 4.05. The van der Waals surface area contributed by atoms with Crippen molar-refractivity contribution in [3.8, 4) is 0 Å². The van der Waals surface area contributed by atoms with Crippen LogP contribution in [-0.2, 0) is 9.59 Å². The van der Waals surface area contributed by atoms with Crippen molar-refractivity contribution in [3.05, 3.63) is 17.9 Å². The van der Waals surface area contributed by atoms with Gasteiger partial charge in [-0.2, -0.15) is 12.6 Å². The number of nitrogens with zero attached hydrogens (tertiary/aromatic N) is 1. The van der Waals surface area contributed by atoms with Gasteiger partial charge in [0.05, 0.1) is 6.42 Å². The predicted molar refractivity (Wildman–Crippen MR) is 91.5 cm³/mol. The lowest BCUT2D eigenvalue weighted by Gasteiger charge is -2.16. The fourth-order valence-corrected chi connectivity index (χ4v) is 2.21. The summed E-state index contributed by atoms with van der Waals surface area (Å²) in [5.74, 6) is 0.0821. The zero-order valence-electron chi connectivity index (χ0n) is 13.4. The minimum absolute atomic E-state index is 0.183. The van der Waals surface area contributed by atoms with Crippen LogP contribution >= 0.6 is 12.6 Å². The highest BCUT2D eigenvalue weighted by atomic mass is 32.1. The van der Waals surface area contributed by atoms with E-state index < -0.39 is 0 Å². The molecule has 0 saturated heterocycles. The quantitative estimate of drug-likeness (QED) is 0.354. The van der Waals surface area contributed by atoms with Crippen molar-refractivity contribution in [3.63, 3.8) is 0 Å². The molecule has 0 aromatic carbocycles. The monoisotopic (exact) mass is 311 g/mol. The molecule has 0 aromatic rings. The molecule has 0 aliphatic rings. The molecule has 0 radical (unpaired) electrons. The highest BCUT2D eigenvalue weighted by Crippen LogP contribution is 2.06. The lowest BCUT2D eigenvalue weighted by Crippen LogP contribution is -2.36. The van der Waals surface area contributed by atoms with Crippen LogP contribution in [0.1, 0.15) is 65.2 Å². The molecule has 0 fully saturated rings. The van der Waals surface area contributed by atoms with Gasteiger partial charge in [0, 0.05) is 19.2 Å². The highest BCUT2D eigenvalue weighted by molar-refractivity contribution is 7.80. The van der Waals surface area contributed by atoms with Gasteiger partial charge in [0.1, 0.15) is 0 Å². The van der Waals surface area contributed by atoms with Crippen molar-refractivity contribution in [2.75, 3.05) is 12.3 Å². The molecule has 0 aliphatic heterocycles. The summed E-state index contributed by atoms with van der Waals surface area (Å²) in [5, 5.41) is 0. The van der Waals surface area contributed by atoms with Crippen LogP contribution < -0.4 is 0 Å².